The molecule has 144 valence electrons. The molecule has 1 amide bonds. The minimum atomic E-state index is -0.278. The van der Waals surface area contributed by atoms with Crippen LogP contribution in [0.1, 0.15) is 68.8 Å². The molecule has 0 saturated carbocycles. The summed E-state index contributed by atoms with van der Waals surface area (Å²) in [6.07, 6.45) is 0.793. The second kappa shape index (κ2) is 8.57. The number of hydrogen-bond acceptors (Lipinski definition) is 3. The van der Waals surface area contributed by atoms with Crippen molar-refractivity contribution in [2.24, 2.45) is 0 Å². The second-order valence-corrected chi connectivity index (χ2v) is 7.67. The summed E-state index contributed by atoms with van der Waals surface area (Å²) >= 11 is 0. The molecule has 1 heterocycles. The standard InChI is InChI=1S/C23H30N2O2/c1-15(2)18-9-11-19(12-10-18)16(3)24-17(4)23(26)25-21-13-14-27-22-8-6-5-7-20(21)22/h5-12,15-17,21,24H,13-14H2,1-4H3,(H,25,26). The number of benzene rings is 2. The lowest BCUT2D eigenvalue weighted by Crippen LogP contribution is -2.45. The molecule has 0 bridgehead atoms. The van der Waals surface area contributed by atoms with Crippen LogP contribution in [-0.4, -0.2) is 18.6 Å². The zero-order valence-corrected chi connectivity index (χ0v) is 16.7. The summed E-state index contributed by atoms with van der Waals surface area (Å²) in [5.41, 5.74) is 3.58. The van der Waals surface area contributed by atoms with Gasteiger partial charge in [-0.2, -0.15) is 0 Å². The number of carbonyl (C=O) groups is 1. The largest absolute Gasteiger partial charge is 0.493 e. The summed E-state index contributed by atoms with van der Waals surface area (Å²) in [6.45, 7) is 9.02. The number of carbonyl (C=O) groups excluding carboxylic acids is 1. The van der Waals surface area contributed by atoms with Gasteiger partial charge in [-0.1, -0.05) is 56.3 Å². The lowest BCUT2D eigenvalue weighted by atomic mass is 9.99. The summed E-state index contributed by atoms with van der Waals surface area (Å²) in [4.78, 5) is 12.7. The molecule has 0 spiro atoms. The minimum Gasteiger partial charge on any atom is -0.493 e. The molecule has 1 aliphatic heterocycles. The molecule has 0 aromatic heterocycles. The van der Waals surface area contributed by atoms with Crippen molar-refractivity contribution in [2.45, 2.75) is 58.2 Å². The van der Waals surface area contributed by atoms with Gasteiger partial charge in [-0.3, -0.25) is 10.1 Å². The molecular formula is C23H30N2O2. The molecule has 2 aromatic carbocycles. The van der Waals surface area contributed by atoms with Gasteiger partial charge in [0.1, 0.15) is 5.75 Å². The number of hydrogen-bond donors (Lipinski definition) is 2. The fourth-order valence-corrected chi connectivity index (χ4v) is 3.51. The third kappa shape index (κ3) is 4.69. The van der Waals surface area contributed by atoms with Gasteiger partial charge in [-0.05, 0) is 37.0 Å². The smallest absolute Gasteiger partial charge is 0.237 e. The first kappa shape index (κ1) is 19.4. The first-order valence-corrected chi connectivity index (χ1v) is 9.83. The molecule has 4 heteroatoms. The number of para-hydroxylation sites is 1. The highest BCUT2D eigenvalue weighted by atomic mass is 16.5. The summed E-state index contributed by atoms with van der Waals surface area (Å²) in [5, 5.41) is 6.59. The fraction of sp³-hybridized carbons (Fsp3) is 0.435. The van der Waals surface area contributed by atoms with Crippen LogP contribution in [0.5, 0.6) is 5.75 Å². The molecule has 4 nitrogen and oxygen atoms in total. The maximum absolute atomic E-state index is 12.7. The van der Waals surface area contributed by atoms with Crippen molar-refractivity contribution < 1.29 is 9.53 Å². The van der Waals surface area contributed by atoms with E-state index < -0.39 is 0 Å². The lowest BCUT2D eigenvalue weighted by molar-refractivity contribution is -0.123. The summed E-state index contributed by atoms with van der Waals surface area (Å²) in [7, 11) is 0. The number of fused-ring (bicyclic) bond motifs is 1. The van der Waals surface area contributed by atoms with Crippen molar-refractivity contribution in [1.29, 1.82) is 0 Å². The summed E-state index contributed by atoms with van der Waals surface area (Å²) in [5.74, 6) is 1.41. The van der Waals surface area contributed by atoms with E-state index in [0.717, 1.165) is 17.7 Å². The molecule has 3 rings (SSSR count). The normalized spacial score (nSPS) is 18.3. The fourth-order valence-electron chi connectivity index (χ4n) is 3.51. The van der Waals surface area contributed by atoms with Crippen molar-refractivity contribution in [3.63, 3.8) is 0 Å². The molecule has 3 atom stereocenters. The van der Waals surface area contributed by atoms with E-state index in [1.54, 1.807) is 0 Å². The zero-order valence-electron chi connectivity index (χ0n) is 16.7. The Kier molecular flexibility index (Phi) is 6.17. The van der Waals surface area contributed by atoms with Gasteiger partial charge < -0.3 is 10.1 Å². The third-order valence-electron chi connectivity index (χ3n) is 5.27. The predicted molar refractivity (Wildman–Crippen MR) is 109 cm³/mol. The van der Waals surface area contributed by atoms with Gasteiger partial charge >= 0.3 is 0 Å². The van der Waals surface area contributed by atoms with Gasteiger partial charge in [-0.15, -0.1) is 0 Å². The average Bonchev–Trinajstić information content (AvgIpc) is 2.68. The highest BCUT2D eigenvalue weighted by molar-refractivity contribution is 5.82. The molecule has 0 saturated heterocycles. The summed E-state index contributed by atoms with van der Waals surface area (Å²) < 4.78 is 5.68. The van der Waals surface area contributed by atoms with Gasteiger partial charge in [0.25, 0.3) is 0 Å². The van der Waals surface area contributed by atoms with Crippen LogP contribution in [0.15, 0.2) is 48.5 Å². The van der Waals surface area contributed by atoms with Crippen LogP contribution in [-0.2, 0) is 4.79 Å². The Balaban J connectivity index is 1.59. The van der Waals surface area contributed by atoms with Gasteiger partial charge in [0, 0.05) is 18.0 Å². The van der Waals surface area contributed by atoms with Crippen molar-refractivity contribution >= 4 is 5.91 Å². The lowest BCUT2D eigenvalue weighted by Gasteiger charge is -2.28. The number of nitrogens with one attached hydrogen (secondary N) is 2. The number of rotatable bonds is 6. The molecule has 27 heavy (non-hydrogen) atoms. The molecule has 0 aliphatic carbocycles. The Morgan fingerprint density at radius 2 is 1.67 bits per heavy atom. The van der Waals surface area contributed by atoms with Crippen molar-refractivity contribution in [3.8, 4) is 5.75 Å². The van der Waals surface area contributed by atoms with Crippen LogP contribution in [0.4, 0.5) is 0 Å². The van der Waals surface area contributed by atoms with E-state index >= 15 is 0 Å². The van der Waals surface area contributed by atoms with Crippen LogP contribution >= 0.6 is 0 Å². The average molecular weight is 367 g/mol. The number of amides is 1. The Bertz CT molecular complexity index is 770. The first-order chi connectivity index (χ1) is 13.0. The van der Waals surface area contributed by atoms with Crippen molar-refractivity contribution in [2.75, 3.05) is 6.61 Å². The maximum atomic E-state index is 12.7. The van der Waals surface area contributed by atoms with E-state index in [0.29, 0.717) is 12.5 Å². The van der Waals surface area contributed by atoms with E-state index in [-0.39, 0.29) is 24.0 Å². The molecule has 0 fully saturated rings. The molecule has 3 unspecified atom stereocenters. The molecule has 0 radical (unpaired) electrons. The number of ether oxygens (including phenoxy) is 1. The van der Waals surface area contributed by atoms with E-state index in [1.165, 1.54) is 11.1 Å². The van der Waals surface area contributed by atoms with Gasteiger partial charge in [0.2, 0.25) is 5.91 Å². The molecule has 1 aliphatic rings. The predicted octanol–water partition coefficient (Wildman–Crippen LogP) is 4.49. The van der Waals surface area contributed by atoms with Gasteiger partial charge in [-0.25, -0.2) is 0 Å². The Labute approximate surface area is 162 Å². The third-order valence-corrected chi connectivity index (χ3v) is 5.27. The van der Waals surface area contributed by atoms with E-state index in [1.807, 2.05) is 31.2 Å². The van der Waals surface area contributed by atoms with Crippen LogP contribution in [0.3, 0.4) is 0 Å². The topological polar surface area (TPSA) is 50.4 Å². The zero-order chi connectivity index (χ0) is 19.4. The van der Waals surface area contributed by atoms with Crippen molar-refractivity contribution in [1.82, 2.24) is 10.6 Å². The first-order valence-electron chi connectivity index (χ1n) is 9.83. The van der Waals surface area contributed by atoms with Crippen LogP contribution in [0.25, 0.3) is 0 Å². The SMILES string of the molecule is CC(NC(C)c1ccc(C(C)C)cc1)C(=O)NC1CCOc2ccccc21. The van der Waals surface area contributed by atoms with E-state index in [9.17, 15) is 4.79 Å². The van der Waals surface area contributed by atoms with E-state index in [2.05, 4.69) is 55.7 Å². The molecular weight excluding hydrogens is 336 g/mol. The Morgan fingerprint density at radius 3 is 2.37 bits per heavy atom. The Morgan fingerprint density at radius 1 is 1.00 bits per heavy atom. The maximum Gasteiger partial charge on any atom is 0.237 e. The van der Waals surface area contributed by atoms with Gasteiger partial charge in [0.05, 0.1) is 18.7 Å². The minimum absolute atomic E-state index is 0.00679. The van der Waals surface area contributed by atoms with Crippen LogP contribution in [0, 0.1) is 0 Å². The highest BCUT2D eigenvalue weighted by Gasteiger charge is 2.25. The molecule has 2 aromatic rings. The summed E-state index contributed by atoms with van der Waals surface area (Å²) in [6, 6.07) is 16.4. The van der Waals surface area contributed by atoms with Crippen LogP contribution in [0.2, 0.25) is 0 Å². The molecule has 2 N–H and O–H groups in total. The van der Waals surface area contributed by atoms with Crippen LogP contribution < -0.4 is 15.4 Å². The van der Waals surface area contributed by atoms with Crippen molar-refractivity contribution in [3.05, 3.63) is 65.2 Å². The van der Waals surface area contributed by atoms with Gasteiger partial charge in [0.15, 0.2) is 0 Å². The monoisotopic (exact) mass is 366 g/mol. The Hall–Kier alpha value is -2.33. The second-order valence-electron chi connectivity index (χ2n) is 7.67. The van der Waals surface area contributed by atoms with E-state index in [4.69, 9.17) is 4.74 Å². The quantitative estimate of drug-likeness (QED) is 0.792. The highest BCUT2D eigenvalue weighted by Crippen LogP contribution is 2.31.